The average Bonchev–Trinajstić information content (AvgIpc) is 2.54. The first-order chi connectivity index (χ1) is 12.5. The first-order valence-corrected chi connectivity index (χ1v) is 8.18. The molecule has 0 radical (unpaired) electrons. The lowest BCUT2D eigenvalue weighted by atomic mass is 10.1. The number of aryl methyl sites for hydroxylation is 2. The van der Waals surface area contributed by atoms with Crippen LogP contribution in [-0.2, 0) is 4.79 Å². The van der Waals surface area contributed by atoms with Gasteiger partial charge in [-0.1, -0.05) is 12.1 Å². The molecule has 0 aliphatic rings. The molecule has 3 aromatic rings. The molecule has 2 aromatic carbocycles. The molecule has 7 nitrogen and oxygen atoms in total. The van der Waals surface area contributed by atoms with Crippen molar-refractivity contribution in [2.75, 3.05) is 16.0 Å². The van der Waals surface area contributed by atoms with Crippen molar-refractivity contribution in [2.45, 2.75) is 20.8 Å². The summed E-state index contributed by atoms with van der Waals surface area (Å²) >= 11 is 0. The number of aromatic nitrogens is 3. The van der Waals surface area contributed by atoms with Gasteiger partial charge in [0.05, 0.1) is 6.20 Å². The fraction of sp³-hybridized carbons (Fsp3) is 0.158. The van der Waals surface area contributed by atoms with Gasteiger partial charge >= 0.3 is 0 Å². The molecule has 3 N–H and O–H groups in total. The number of carbonyl (C=O) groups excluding carboxylic acids is 1. The van der Waals surface area contributed by atoms with Gasteiger partial charge in [0.1, 0.15) is 0 Å². The van der Waals surface area contributed by atoms with Crippen LogP contribution in [0.1, 0.15) is 18.1 Å². The summed E-state index contributed by atoms with van der Waals surface area (Å²) in [4.78, 5) is 15.6. The Hall–Kier alpha value is -3.48. The average molecular weight is 348 g/mol. The van der Waals surface area contributed by atoms with Crippen LogP contribution in [-0.4, -0.2) is 21.1 Å². The molecule has 0 fully saturated rings. The van der Waals surface area contributed by atoms with E-state index in [0.29, 0.717) is 17.5 Å². The predicted molar refractivity (Wildman–Crippen MR) is 103 cm³/mol. The van der Waals surface area contributed by atoms with Crippen molar-refractivity contribution in [1.29, 1.82) is 0 Å². The molecule has 7 heteroatoms. The quantitative estimate of drug-likeness (QED) is 0.647. The van der Waals surface area contributed by atoms with Gasteiger partial charge < -0.3 is 16.0 Å². The van der Waals surface area contributed by atoms with E-state index in [0.717, 1.165) is 22.5 Å². The van der Waals surface area contributed by atoms with Crippen LogP contribution in [0.2, 0.25) is 0 Å². The van der Waals surface area contributed by atoms with E-state index in [-0.39, 0.29) is 5.91 Å². The molecule has 1 aromatic heterocycles. The number of benzene rings is 2. The number of carbonyl (C=O) groups is 1. The van der Waals surface area contributed by atoms with E-state index in [9.17, 15) is 4.79 Å². The zero-order valence-corrected chi connectivity index (χ0v) is 14.9. The van der Waals surface area contributed by atoms with Gasteiger partial charge in [0.15, 0.2) is 5.82 Å². The molecule has 26 heavy (non-hydrogen) atoms. The van der Waals surface area contributed by atoms with Crippen LogP contribution in [0.4, 0.5) is 28.8 Å². The minimum absolute atomic E-state index is 0.120. The third-order valence-electron chi connectivity index (χ3n) is 3.49. The molecule has 0 atom stereocenters. The molecule has 0 aliphatic carbocycles. The highest BCUT2D eigenvalue weighted by Gasteiger charge is 2.04. The SMILES string of the molecule is CC(=O)Nc1cccc(Nc2cnnc(Nc3cc(C)cc(C)c3)n2)c1. The van der Waals surface area contributed by atoms with Crippen molar-refractivity contribution in [3.63, 3.8) is 0 Å². The summed E-state index contributed by atoms with van der Waals surface area (Å²) in [5.41, 5.74) is 4.72. The van der Waals surface area contributed by atoms with Gasteiger partial charge in [-0.05, 0) is 55.3 Å². The summed E-state index contributed by atoms with van der Waals surface area (Å²) in [6.07, 6.45) is 1.54. The molecule has 0 bridgehead atoms. The van der Waals surface area contributed by atoms with Crippen LogP contribution < -0.4 is 16.0 Å². The van der Waals surface area contributed by atoms with Crippen LogP contribution in [0.5, 0.6) is 0 Å². The Kier molecular flexibility index (Phi) is 5.07. The Labute approximate surface area is 151 Å². The highest BCUT2D eigenvalue weighted by Crippen LogP contribution is 2.21. The normalized spacial score (nSPS) is 10.3. The van der Waals surface area contributed by atoms with E-state index in [1.807, 2.05) is 50.2 Å². The topological polar surface area (TPSA) is 91.8 Å². The van der Waals surface area contributed by atoms with E-state index in [1.165, 1.54) is 13.1 Å². The lowest BCUT2D eigenvalue weighted by molar-refractivity contribution is -0.114. The highest BCUT2D eigenvalue weighted by atomic mass is 16.1. The van der Waals surface area contributed by atoms with E-state index >= 15 is 0 Å². The van der Waals surface area contributed by atoms with Gasteiger partial charge in [-0.15, -0.1) is 5.10 Å². The molecule has 3 rings (SSSR count). The first kappa shape index (κ1) is 17.3. The Balaban J connectivity index is 1.76. The number of hydrogen-bond donors (Lipinski definition) is 3. The van der Waals surface area contributed by atoms with E-state index in [1.54, 1.807) is 0 Å². The molecule has 0 aliphatic heterocycles. The van der Waals surface area contributed by atoms with Crippen LogP contribution in [0, 0.1) is 13.8 Å². The zero-order valence-electron chi connectivity index (χ0n) is 14.9. The summed E-state index contributed by atoms with van der Waals surface area (Å²) < 4.78 is 0. The number of hydrogen-bond acceptors (Lipinski definition) is 6. The van der Waals surface area contributed by atoms with Gasteiger partial charge in [-0.3, -0.25) is 4.79 Å². The maximum atomic E-state index is 11.2. The summed E-state index contributed by atoms with van der Waals surface area (Å²) in [5, 5.41) is 17.1. The van der Waals surface area contributed by atoms with Crippen molar-refractivity contribution in [3.05, 3.63) is 59.8 Å². The monoisotopic (exact) mass is 348 g/mol. The van der Waals surface area contributed by atoms with Gasteiger partial charge in [-0.2, -0.15) is 10.1 Å². The molecule has 132 valence electrons. The van der Waals surface area contributed by atoms with Crippen molar-refractivity contribution in [3.8, 4) is 0 Å². The third kappa shape index (κ3) is 4.76. The van der Waals surface area contributed by atoms with Crippen molar-refractivity contribution < 1.29 is 4.79 Å². The summed E-state index contributed by atoms with van der Waals surface area (Å²) in [6.45, 7) is 5.55. The third-order valence-corrected chi connectivity index (χ3v) is 3.49. The van der Waals surface area contributed by atoms with E-state index in [4.69, 9.17) is 0 Å². The minimum atomic E-state index is -0.120. The molecule has 0 spiro atoms. The Morgan fingerprint density at radius 2 is 1.65 bits per heavy atom. The Bertz CT molecular complexity index is 921. The molecule has 0 unspecified atom stereocenters. The lowest BCUT2D eigenvalue weighted by Crippen LogP contribution is -2.06. The summed E-state index contributed by atoms with van der Waals surface area (Å²) in [5.74, 6) is 0.829. The van der Waals surface area contributed by atoms with Crippen molar-refractivity contribution >= 4 is 34.7 Å². The second kappa shape index (κ2) is 7.60. The minimum Gasteiger partial charge on any atom is -0.339 e. The Morgan fingerprint density at radius 1 is 0.923 bits per heavy atom. The lowest BCUT2D eigenvalue weighted by Gasteiger charge is -2.10. The smallest absolute Gasteiger partial charge is 0.249 e. The standard InChI is InChI=1S/C19H20N6O/c1-12-7-13(2)9-17(8-12)23-19-24-18(11-20-25-19)22-16-6-4-5-15(10-16)21-14(3)26/h4-11H,1-3H3,(H,21,26)(H2,22,23,24,25). The zero-order chi connectivity index (χ0) is 18.5. The second-order valence-corrected chi connectivity index (χ2v) is 6.05. The fourth-order valence-corrected chi connectivity index (χ4v) is 2.62. The van der Waals surface area contributed by atoms with Crippen molar-refractivity contribution in [1.82, 2.24) is 15.2 Å². The Morgan fingerprint density at radius 3 is 2.38 bits per heavy atom. The van der Waals surface area contributed by atoms with E-state index < -0.39 is 0 Å². The number of anilines is 5. The number of rotatable bonds is 5. The summed E-state index contributed by atoms with van der Waals surface area (Å²) in [6, 6.07) is 13.5. The largest absolute Gasteiger partial charge is 0.339 e. The van der Waals surface area contributed by atoms with Crippen LogP contribution >= 0.6 is 0 Å². The molecule has 0 saturated carbocycles. The number of nitrogens with one attached hydrogen (secondary N) is 3. The van der Waals surface area contributed by atoms with Gasteiger partial charge in [0.2, 0.25) is 11.9 Å². The maximum Gasteiger partial charge on any atom is 0.249 e. The van der Waals surface area contributed by atoms with E-state index in [2.05, 4.69) is 37.2 Å². The van der Waals surface area contributed by atoms with Crippen molar-refractivity contribution in [2.24, 2.45) is 0 Å². The van der Waals surface area contributed by atoms with Crippen LogP contribution in [0.25, 0.3) is 0 Å². The first-order valence-electron chi connectivity index (χ1n) is 8.18. The van der Waals surface area contributed by atoms with Crippen LogP contribution in [0.3, 0.4) is 0 Å². The van der Waals surface area contributed by atoms with Crippen LogP contribution in [0.15, 0.2) is 48.7 Å². The fourth-order valence-electron chi connectivity index (χ4n) is 2.62. The predicted octanol–water partition coefficient (Wildman–Crippen LogP) is 3.93. The second-order valence-electron chi connectivity index (χ2n) is 6.05. The number of amides is 1. The molecule has 1 amide bonds. The molecule has 1 heterocycles. The van der Waals surface area contributed by atoms with Gasteiger partial charge in [0, 0.05) is 24.0 Å². The molecule has 0 saturated heterocycles. The molecular weight excluding hydrogens is 328 g/mol. The maximum absolute atomic E-state index is 11.2. The molecular formula is C19H20N6O. The summed E-state index contributed by atoms with van der Waals surface area (Å²) in [7, 11) is 0. The number of nitrogens with zero attached hydrogens (tertiary/aromatic N) is 3. The highest BCUT2D eigenvalue weighted by molar-refractivity contribution is 5.89. The van der Waals surface area contributed by atoms with Gasteiger partial charge in [0.25, 0.3) is 0 Å². The van der Waals surface area contributed by atoms with Gasteiger partial charge in [-0.25, -0.2) is 0 Å².